The number of benzene rings is 1. The van der Waals surface area contributed by atoms with Crippen LogP contribution in [-0.2, 0) is 19.1 Å². The molecule has 1 aliphatic heterocycles. The summed E-state index contributed by atoms with van der Waals surface area (Å²) in [4.78, 5) is 49.7. The molecule has 0 unspecified atom stereocenters. The third kappa shape index (κ3) is 7.34. The summed E-state index contributed by atoms with van der Waals surface area (Å²) in [5, 5.41) is 2.79. The van der Waals surface area contributed by atoms with E-state index in [0.29, 0.717) is 23.2 Å². The lowest BCUT2D eigenvalue weighted by molar-refractivity contribution is -0.152. The SMILES string of the molecule is C#CCCC[C@@H]1C[C@H]1OC(=O)N[C@H](C(=O)N1C[C@H](Oc2nc3cc(OC)ccc3nc2Cl)C[C@H]1C(=O)OC)C(C)(C)C. The molecule has 0 bridgehead atoms. The minimum Gasteiger partial charge on any atom is -0.497 e. The Kier molecular flexibility index (Phi) is 9.67. The van der Waals surface area contributed by atoms with Crippen LogP contribution in [0.5, 0.6) is 11.6 Å². The quantitative estimate of drug-likeness (QED) is 0.243. The molecule has 1 saturated carbocycles. The van der Waals surface area contributed by atoms with E-state index in [9.17, 15) is 14.4 Å². The van der Waals surface area contributed by atoms with Crippen molar-refractivity contribution in [3.05, 3.63) is 23.4 Å². The van der Waals surface area contributed by atoms with E-state index >= 15 is 0 Å². The van der Waals surface area contributed by atoms with Gasteiger partial charge in [0.15, 0.2) is 5.15 Å². The van der Waals surface area contributed by atoms with Crippen molar-refractivity contribution in [2.45, 2.75) is 77.2 Å². The zero-order chi connectivity index (χ0) is 30.6. The highest BCUT2D eigenvalue weighted by Crippen LogP contribution is 2.38. The van der Waals surface area contributed by atoms with Gasteiger partial charge >= 0.3 is 12.1 Å². The number of nitrogens with zero attached hydrogens (tertiary/aromatic N) is 3. The monoisotopic (exact) mass is 600 g/mol. The van der Waals surface area contributed by atoms with Gasteiger partial charge in [-0.05, 0) is 42.7 Å². The highest BCUT2D eigenvalue weighted by Gasteiger charge is 2.47. The van der Waals surface area contributed by atoms with Gasteiger partial charge in [-0.15, -0.1) is 12.3 Å². The molecule has 1 aliphatic carbocycles. The van der Waals surface area contributed by atoms with Crippen LogP contribution >= 0.6 is 11.6 Å². The number of hydrogen-bond donors (Lipinski definition) is 1. The molecule has 2 aromatic rings. The predicted octanol–water partition coefficient (Wildman–Crippen LogP) is 4.15. The number of ether oxygens (including phenoxy) is 4. The number of hydrogen-bond acceptors (Lipinski definition) is 9. The molecule has 2 aliphatic rings. The number of carbonyl (C=O) groups excluding carboxylic acids is 3. The van der Waals surface area contributed by atoms with Gasteiger partial charge in [-0.1, -0.05) is 32.4 Å². The Morgan fingerprint density at radius 1 is 1.19 bits per heavy atom. The fourth-order valence-electron chi connectivity index (χ4n) is 5.08. The first-order chi connectivity index (χ1) is 19.9. The van der Waals surface area contributed by atoms with Crippen molar-refractivity contribution in [1.82, 2.24) is 20.2 Å². The number of unbranched alkanes of at least 4 members (excludes halogenated alkanes) is 1. The fourth-order valence-corrected chi connectivity index (χ4v) is 5.26. The molecule has 5 atom stereocenters. The number of esters is 1. The number of amides is 2. The van der Waals surface area contributed by atoms with Crippen LogP contribution in [0.2, 0.25) is 5.15 Å². The molecule has 11 nitrogen and oxygen atoms in total. The number of nitrogens with one attached hydrogen (secondary N) is 1. The number of halogens is 1. The molecule has 1 N–H and O–H groups in total. The van der Waals surface area contributed by atoms with Gasteiger partial charge in [0.1, 0.15) is 30.0 Å². The first kappa shape index (κ1) is 31.2. The Morgan fingerprint density at radius 3 is 2.62 bits per heavy atom. The molecule has 0 radical (unpaired) electrons. The molecular weight excluding hydrogens is 564 g/mol. The van der Waals surface area contributed by atoms with Crippen LogP contribution in [0.15, 0.2) is 18.2 Å². The van der Waals surface area contributed by atoms with Gasteiger partial charge < -0.3 is 29.2 Å². The molecule has 2 fully saturated rings. The maximum atomic E-state index is 13.9. The zero-order valence-electron chi connectivity index (χ0n) is 24.5. The summed E-state index contributed by atoms with van der Waals surface area (Å²) < 4.78 is 21.9. The van der Waals surface area contributed by atoms with Crippen molar-refractivity contribution in [2.24, 2.45) is 11.3 Å². The number of alkyl carbamates (subject to hydrolysis) is 1. The Labute approximate surface area is 250 Å². The maximum Gasteiger partial charge on any atom is 0.408 e. The van der Waals surface area contributed by atoms with Crippen LogP contribution in [0.3, 0.4) is 0 Å². The standard InChI is InChI=1S/C30H37ClN4O7/c1-7-8-9-10-17-13-23(17)42-29(38)34-24(30(2,3)4)27(36)35-16-19(15-22(35)28(37)40-6)41-26-25(31)32-20-12-11-18(39-5)14-21(20)33-26/h1,11-12,14,17,19,22-24H,8-10,13,15-16H2,2-6H3,(H,34,38)/t17-,19-,22+,23-,24-/m1/s1. The van der Waals surface area contributed by atoms with Crippen LogP contribution in [0.4, 0.5) is 4.79 Å². The van der Waals surface area contributed by atoms with Gasteiger partial charge in [-0.3, -0.25) is 4.79 Å². The molecule has 12 heteroatoms. The van der Waals surface area contributed by atoms with Gasteiger partial charge in [-0.25, -0.2) is 19.6 Å². The van der Waals surface area contributed by atoms with E-state index < -0.39 is 41.6 Å². The Morgan fingerprint density at radius 2 is 1.95 bits per heavy atom. The zero-order valence-corrected chi connectivity index (χ0v) is 25.3. The molecule has 1 aromatic heterocycles. The summed E-state index contributed by atoms with van der Waals surface area (Å²) in [6.07, 6.45) is 7.16. The smallest absolute Gasteiger partial charge is 0.408 e. The largest absolute Gasteiger partial charge is 0.497 e. The molecule has 2 amide bonds. The van der Waals surface area contributed by atoms with Crippen molar-refractivity contribution in [2.75, 3.05) is 20.8 Å². The second kappa shape index (κ2) is 13.0. The summed E-state index contributed by atoms with van der Waals surface area (Å²) in [7, 11) is 2.80. The third-order valence-electron chi connectivity index (χ3n) is 7.48. The summed E-state index contributed by atoms with van der Waals surface area (Å²) >= 11 is 6.37. The lowest BCUT2D eigenvalue weighted by atomic mass is 9.85. The number of terminal acetylenes is 1. The Balaban J connectivity index is 1.47. The third-order valence-corrected chi connectivity index (χ3v) is 7.73. The van der Waals surface area contributed by atoms with Crippen molar-refractivity contribution < 1.29 is 33.3 Å². The van der Waals surface area contributed by atoms with Crippen LogP contribution in [0.1, 0.15) is 52.9 Å². The van der Waals surface area contributed by atoms with Crippen molar-refractivity contribution in [3.8, 4) is 24.0 Å². The minimum absolute atomic E-state index is 0.0376. The minimum atomic E-state index is -0.981. The van der Waals surface area contributed by atoms with Crippen molar-refractivity contribution in [1.29, 1.82) is 0 Å². The summed E-state index contributed by atoms with van der Waals surface area (Å²) in [5.41, 5.74) is 0.367. The van der Waals surface area contributed by atoms with Crippen LogP contribution in [0, 0.1) is 23.7 Å². The second-order valence-electron chi connectivity index (χ2n) is 11.7. The van der Waals surface area contributed by atoms with E-state index in [1.165, 1.54) is 12.0 Å². The molecule has 1 aromatic carbocycles. The van der Waals surface area contributed by atoms with E-state index in [4.69, 9.17) is 37.0 Å². The van der Waals surface area contributed by atoms with Gasteiger partial charge in [0.05, 0.1) is 31.8 Å². The van der Waals surface area contributed by atoms with E-state index in [-0.39, 0.29) is 36.0 Å². The fraction of sp³-hybridized carbons (Fsp3) is 0.567. The van der Waals surface area contributed by atoms with E-state index in [1.807, 2.05) is 20.8 Å². The Hall–Kier alpha value is -3.78. The van der Waals surface area contributed by atoms with Crippen molar-refractivity contribution >= 4 is 40.6 Å². The number of carbonyl (C=O) groups is 3. The summed E-state index contributed by atoms with van der Waals surface area (Å²) in [5.74, 6) is 2.49. The number of aromatic nitrogens is 2. The van der Waals surface area contributed by atoms with Crippen LogP contribution in [0.25, 0.3) is 11.0 Å². The average Bonchev–Trinajstić information content (AvgIpc) is 3.54. The summed E-state index contributed by atoms with van der Waals surface area (Å²) in [6, 6.07) is 3.26. The second-order valence-corrected chi connectivity index (χ2v) is 12.0. The molecular formula is C30H37ClN4O7. The highest BCUT2D eigenvalue weighted by molar-refractivity contribution is 6.31. The molecule has 226 valence electrons. The van der Waals surface area contributed by atoms with Crippen LogP contribution < -0.4 is 14.8 Å². The number of likely N-dealkylation sites (tertiary alicyclic amines) is 1. The lowest BCUT2D eigenvalue weighted by Crippen LogP contribution is -2.57. The normalized spacial score (nSPS) is 22.2. The van der Waals surface area contributed by atoms with Gasteiger partial charge in [0, 0.05) is 18.9 Å². The first-order valence-corrected chi connectivity index (χ1v) is 14.3. The van der Waals surface area contributed by atoms with Crippen molar-refractivity contribution in [3.63, 3.8) is 0 Å². The number of rotatable bonds is 10. The average molecular weight is 601 g/mol. The molecule has 42 heavy (non-hydrogen) atoms. The number of fused-ring (bicyclic) bond motifs is 1. The highest BCUT2D eigenvalue weighted by atomic mass is 35.5. The van der Waals surface area contributed by atoms with Crippen LogP contribution in [-0.4, -0.2) is 77.9 Å². The molecule has 0 spiro atoms. The first-order valence-electron chi connectivity index (χ1n) is 13.9. The lowest BCUT2D eigenvalue weighted by Gasteiger charge is -2.34. The van der Waals surface area contributed by atoms with E-state index in [1.54, 1.807) is 25.3 Å². The molecule has 1 saturated heterocycles. The summed E-state index contributed by atoms with van der Waals surface area (Å²) in [6.45, 7) is 5.51. The van der Waals surface area contributed by atoms with E-state index in [0.717, 1.165) is 19.3 Å². The predicted molar refractivity (Wildman–Crippen MR) is 155 cm³/mol. The topological polar surface area (TPSA) is 129 Å². The van der Waals surface area contributed by atoms with Gasteiger partial charge in [-0.2, -0.15) is 0 Å². The van der Waals surface area contributed by atoms with E-state index in [2.05, 4.69) is 21.2 Å². The number of methoxy groups -OCH3 is 2. The Bertz CT molecular complexity index is 1370. The maximum absolute atomic E-state index is 13.9. The molecule has 4 rings (SSSR count). The molecule has 2 heterocycles. The van der Waals surface area contributed by atoms with Gasteiger partial charge in [0.2, 0.25) is 5.91 Å². The van der Waals surface area contributed by atoms with Gasteiger partial charge in [0.25, 0.3) is 5.88 Å².